The van der Waals surface area contributed by atoms with Crippen molar-refractivity contribution in [1.29, 1.82) is 0 Å². The van der Waals surface area contributed by atoms with Crippen LogP contribution in [0.15, 0.2) is 10.8 Å². The summed E-state index contributed by atoms with van der Waals surface area (Å²) in [5, 5.41) is 4.04. The first-order valence-corrected chi connectivity index (χ1v) is 4.79. The van der Waals surface area contributed by atoms with E-state index in [4.69, 9.17) is 0 Å². The number of hydrogen-bond donors (Lipinski definition) is 0. The molecule has 0 radical (unpaired) electrons. The fourth-order valence-electron chi connectivity index (χ4n) is 0.985. The molecule has 0 fully saturated rings. The van der Waals surface area contributed by atoms with Gasteiger partial charge in [-0.2, -0.15) is 5.10 Å². The molecule has 72 valence electrons. The van der Waals surface area contributed by atoms with Crippen molar-refractivity contribution in [2.24, 2.45) is 0 Å². The molecule has 0 aromatic carbocycles. The van der Waals surface area contributed by atoms with Crippen molar-refractivity contribution in [3.63, 3.8) is 0 Å². The van der Waals surface area contributed by atoms with Crippen LogP contribution >= 0.6 is 15.9 Å². The Bertz CT molecular complexity index is 309. The standard InChI is InChI=1S/C8H11BrN2O2/c1-3-4-11-7(9)6(5-10-11)8(12)13-2/h5H,3-4H2,1-2H3. The molecule has 1 aromatic heterocycles. The van der Waals surface area contributed by atoms with Gasteiger partial charge in [0, 0.05) is 6.54 Å². The molecule has 4 nitrogen and oxygen atoms in total. The molecule has 0 aliphatic rings. The minimum Gasteiger partial charge on any atom is -0.465 e. The Labute approximate surface area is 85.0 Å². The SMILES string of the molecule is CCCn1ncc(C(=O)OC)c1Br. The van der Waals surface area contributed by atoms with E-state index in [1.807, 2.05) is 6.92 Å². The number of ether oxygens (including phenoxy) is 1. The Morgan fingerprint density at radius 3 is 3.00 bits per heavy atom. The van der Waals surface area contributed by atoms with E-state index in [0.717, 1.165) is 13.0 Å². The van der Waals surface area contributed by atoms with Crippen LogP contribution in [0.25, 0.3) is 0 Å². The van der Waals surface area contributed by atoms with Crippen molar-refractivity contribution in [2.45, 2.75) is 19.9 Å². The maximum atomic E-state index is 11.1. The Kier molecular flexibility index (Phi) is 3.48. The van der Waals surface area contributed by atoms with Crippen LogP contribution in [0.1, 0.15) is 23.7 Å². The number of rotatable bonds is 3. The average Bonchev–Trinajstić information content (AvgIpc) is 2.48. The number of esters is 1. The molecule has 5 heteroatoms. The third-order valence-electron chi connectivity index (χ3n) is 1.62. The third kappa shape index (κ3) is 2.09. The first-order chi connectivity index (χ1) is 6.20. The van der Waals surface area contributed by atoms with E-state index in [0.29, 0.717) is 10.2 Å². The molecule has 1 aromatic rings. The minimum absolute atomic E-state index is 0.366. The number of carbonyl (C=O) groups is 1. The lowest BCUT2D eigenvalue weighted by Gasteiger charge is -2.00. The van der Waals surface area contributed by atoms with Gasteiger partial charge in [-0.1, -0.05) is 6.92 Å². The predicted molar refractivity (Wildman–Crippen MR) is 51.6 cm³/mol. The normalized spacial score (nSPS) is 10.1. The maximum Gasteiger partial charge on any atom is 0.342 e. The summed E-state index contributed by atoms with van der Waals surface area (Å²) in [5.41, 5.74) is 0.468. The van der Waals surface area contributed by atoms with E-state index in [2.05, 4.69) is 25.8 Å². The summed E-state index contributed by atoms with van der Waals surface area (Å²) in [4.78, 5) is 11.1. The second-order valence-corrected chi connectivity index (χ2v) is 3.31. The van der Waals surface area contributed by atoms with Crippen molar-refractivity contribution >= 4 is 21.9 Å². The highest BCUT2D eigenvalue weighted by molar-refractivity contribution is 9.10. The zero-order valence-corrected chi connectivity index (χ0v) is 9.17. The van der Waals surface area contributed by atoms with E-state index in [1.165, 1.54) is 13.3 Å². The third-order valence-corrected chi connectivity index (χ3v) is 2.45. The van der Waals surface area contributed by atoms with E-state index in [1.54, 1.807) is 4.68 Å². The summed E-state index contributed by atoms with van der Waals surface area (Å²) in [6.07, 6.45) is 2.48. The Hall–Kier alpha value is -0.840. The summed E-state index contributed by atoms with van der Waals surface area (Å²) in [6, 6.07) is 0. The van der Waals surface area contributed by atoms with Crippen LogP contribution in [0.4, 0.5) is 0 Å². The van der Waals surface area contributed by atoms with E-state index in [9.17, 15) is 4.79 Å². The highest BCUT2D eigenvalue weighted by Gasteiger charge is 2.14. The molecule has 0 aliphatic heterocycles. The second-order valence-electron chi connectivity index (χ2n) is 2.56. The number of carbonyl (C=O) groups excluding carboxylic acids is 1. The number of methoxy groups -OCH3 is 1. The highest BCUT2D eigenvalue weighted by Crippen LogP contribution is 2.17. The molecule has 0 aliphatic carbocycles. The highest BCUT2D eigenvalue weighted by atomic mass is 79.9. The lowest BCUT2D eigenvalue weighted by molar-refractivity contribution is 0.0599. The summed E-state index contributed by atoms with van der Waals surface area (Å²) in [7, 11) is 1.35. The van der Waals surface area contributed by atoms with Crippen molar-refractivity contribution in [3.8, 4) is 0 Å². The molecule has 1 heterocycles. The summed E-state index contributed by atoms with van der Waals surface area (Å²) >= 11 is 3.29. The zero-order chi connectivity index (χ0) is 9.84. The van der Waals surface area contributed by atoms with Crippen LogP contribution in [-0.2, 0) is 11.3 Å². The van der Waals surface area contributed by atoms with Crippen molar-refractivity contribution in [3.05, 3.63) is 16.4 Å². The number of aryl methyl sites for hydroxylation is 1. The average molecular weight is 247 g/mol. The molecule has 0 unspecified atom stereocenters. The first-order valence-electron chi connectivity index (χ1n) is 4.00. The van der Waals surface area contributed by atoms with Gasteiger partial charge in [0.15, 0.2) is 0 Å². The number of nitrogens with zero attached hydrogens (tertiary/aromatic N) is 2. The van der Waals surface area contributed by atoms with Gasteiger partial charge in [0.1, 0.15) is 10.2 Å². The quantitative estimate of drug-likeness (QED) is 0.765. The van der Waals surface area contributed by atoms with Gasteiger partial charge >= 0.3 is 5.97 Å². The molecule has 0 amide bonds. The molecule has 1 rings (SSSR count). The van der Waals surface area contributed by atoms with Gasteiger partial charge in [0.05, 0.1) is 13.3 Å². The summed E-state index contributed by atoms with van der Waals surface area (Å²) < 4.78 is 7.00. The van der Waals surface area contributed by atoms with Gasteiger partial charge in [-0.05, 0) is 22.4 Å². The van der Waals surface area contributed by atoms with E-state index < -0.39 is 0 Å². The molecule has 0 atom stereocenters. The van der Waals surface area contributed by atoms with Gasteiger partial charge in [0.25, 0.3) is 0 Å². The van der Waals surface area contributed by atoms with Gasteiger partial charge in [-0.3, -0.25) is 4.68 Å². The van der Waals surface area contributed by atoms with Crippen LogP contribution in [0, 0.1) is 0 Å². The minimum atomic E-state index is -0.366. The topological polar surface area (TPSA) is 44.1 Å². The molecule has 0 bridgehead atoms. The summed E-state index contributed by atoms with van der Waals surface area (Å²) in [6.45, 7) is 2.84. The largest absolute Gasteiger partial charge is 0.465 e. The summed E-state index contributed by atoms with van der Waals surface area (Å²) in [5.74, 6) is -0.366. The molecule has 13 heavy (non-hydrogen) atoms. The maximum absolute atomic E-state index is 11.1. The van der Waals surface area contributed by atoms with Crippen LogP contribution in [-0.4, -0.2) is 22.9 Å². The lowest BCUT2D eigenvalue weighted by atomic mass is 10.4. The molecule has 0 saturated heterocycles. The molecular formula is C8H11BrN2O2. The molecular weight excluding hydrogens is 236 g/mol. The Morgan fingerprint density at radius 2 is 2.46 bits per heavy atom. The van der Waals surface area contributed by atoms with Gasteiger partial charge < -0.3 is 4.74 Å². The van der Waals surface area contributed by atoms with Crippen molar-refractivity contribution in [2.75, 3.05) is 7.11 Å². The Morgan fingerprint density at radius 1 is 1.77 bits per heavy atom. The lowest BCUT2D eigenvalue weighted by Crippen LogP contribution is -2.03. The molecule has 0 spiro atoms. The van der Waals surface area contributed by atoms with Crippen LogP contribution in [0.2, 0.25) is 0 Å². The number of halogens is 1. The Balaban J connectivity index is 2.92. The van der Waals surface area contributed by atoms with Crippen molar-refractivity contribution < 1.29 is 9.53 Å². The van der Waals surface area contributed by atoms with Gasteiger partial charge in [-0.15, -0.1) is 0 Å². The van der Waals surface area contributed by atoms with Crippen molar-refractivity contribution in [1.82, 2.24) is 9.78 Å². The smallest absolute Gasteiger partial charge is 0.342 e. The first kappa shape index (κ1) is 10.2. The van der Waals surface area contributed by atoms with Crippen LogP contribution < -0.4 is 0 Å². The van der Waals surface area contributed by atoms with Gasteiger partial charge in [-0.25, -0.2) is 4.79 Å². The van der Waals surface area contributed by atoms with E-state index in [-0.39, 0.29) is 5.97 Å². The van der Waals surface area contributed by atoms with E-state index >= 15 is 0 Å². The fourth-order valence-corrected chi connectivity index (χ4v) is 1.52. The molecule has 0 N–H and O–H groups in total. The zero-order valence-electron chi connectivity index (χ0n) is 7.58. The van der Waals surface area contributed by atoms with Crippen LogP contribution in [0.3, 0.4) is 0 Å². The predicted octanol–water partition coefficient (Wildman–Crippen LogP) is 1.84. The second kappa shape index (κ2) is 4.41. The molecule has 0 saturated carbocycles. The monoisotopic (exact) mass is 246 g/mol. The number of hydrogen-bond acceptors (Lipinski definition) is 3. The fraction of sp³-hybridized carbons (Fsp3) is 0.500. The van der Waals surface area contributed by atoms with Gasteiger partial charge in [0.2, 0.25) is 0 Å². The number of aromatic nitrogens is 2. The van der Waals surface area contributed by atoms with Crippen LogP contribution in [0.5, 0.6) is 0 Å².